The van der Waals surface area contributed by atoms with Crippen LogP contribution in [0.5, 0.6) is 5.75 Å². The van der Waals surface area contributed by atoms with Crippen molar-refractivity contribution in [3.05, 3.63) is 18.2 Å². The Morgan fingerprint density at radius 2 is 2.05 bits per heavy atom. The largest absolute Gasteiger partial charge is 0.497 e. The Kier molecular flexibility index (Phi) is 4.04. The number of benzene rings is 1. The van der Waals surface area contributed by atoms with E-state index in [0.29, 0.717) is 12.0 Å². The number of hydrogen-bond acceptors (Lipinski definition) is 3. The number of rotatable bonds is 4. The second-order valence-electron chi connectivity index (χ2n) is 6.16. The highest BCUT2D eigenvalue weighted by atomic mass is 16.5. The van der Waals surface area contributed by atoms with Gasteiger partial charge in [-0.25, -0.2) is 4.98 Å². The summed E-state index contributed by atoms with van der Waals surface area (Å²) in [6.07, 6.45) is 7.68. The number of methoxy groups -OCH3 is 1. The number of fused-ring (bicyclic) bond motifs is 1. The van der Waals surface area contributed by atoms with E-state index >= 15 is 0 Å². The van der Waals surface area contributed by atoms with Crippen LogP contribution in [-0.4, -0.2) is 16.7 Å². The van der Waals surface area contributed by atoms with Gasteiger partial charge in [0.25, 0.3) is 0 Å². The van der Waals surface area contributed by atoms with E-state index in [1.807, 2.05) is 12.1 Å². The van der Waals surface area contributed by atoms with Crippen molar-refractivity contribution >= 4 is 17.0 Å². The maximum Gasteiger partial charge on any atom is 0.201 e. The Labute approximate surface area is 126 Å². The molecular weight excluding hydrogens is 262 g/mol. The van der Waals surface area contributed by atoms with Crippen molar-refractivity contribution in [2.75, 3.05) is 12.8 Å². The van der Waals surface area contributed by atoms with Crippen molar-refractivity contribution in [3.63, 3.8) is 0 Å². The number of hydrogen-bond donors (Lipinski definition) is 1. The molecule has 0 unspecified atom stereocenters. The van der Waals surface area contributed by atoms with Gasteiger partial charge in [-0.1, -0.05) is 19.8 Å². The van der Waals surface area contributed by atoms with Crippen LogP contribution in [-0.2, 0) is 0 Å². The molecular formula is C17H25N3O. The minimum absolute atomic E-state index is 0.482. The molecule has 21 heavy (non-hydrogen) atoms. The monoisotopic (exact) mass is 287 g/mol. The van der Waals surface area contributed by atoms with Crippen LogP contribution in [0.1, 0.15) is 51.5 Å². The smallest absolute Gasteiger partial charge is 0.201 e. The first-order valence-corrected chi connectivity index (χ1v) is 8.04. The average molecular weight is 287 g/mol. The topological polar surface area (TPSA) is 53.1 Å². The molecule has 114 valence electrons. The Bertz CT molecular complexity index is 612. The van der Waals surface area contributed by atoms with E-state index in [2.05, 4.69) is 22.5 Å². The first-order valence-electron chi connectivity index (χ1n) is 8.04. The van der Waals surface area contributed by atoms with E-state index in [4.69, 9.17) is 10.5 Å². The quantitative estimate of drug-likeness (QED) is 0.918. The van der Waals surface area contributed by atoms with Gasteiger partial charge in [0.15, 0.2) is 0 Å². The third kappa shape index (κ3) is 2.71. The third-order valence-electron chi connectivity index (χ3n) is 4.80. The minimum atomic E-state index is 0.482. The van der Waals surface area contributed by atoms with Crippen molar-refractivity contribution in [3.8, 4) is 5.75 Å². The highest BCUT2D eigenvalue weighted by molar-refractivity contribution is 5.80. The van der Waals surface area contributed by atoms with Gasteiger partial charge in [0.2, 0.25) is 5.95 Å². The van der Waals surface area contributed by atoms with Gasteiger partial charge >= 0.3 is 0 Å². The molecule has 4 nitrogen and oxygen atoms in total. The fraction of sp³-hybridized carbons (Fsp3) is 0.588. The maximum atomic E-state index is 6.18. The summed E-state index contributed by atoms with van der Waals surface area (Å²) >= 11 is 0. The first kappa shape index (κ1) is 14.2. The molecule has 0 saturated heterocycles. The Balaban J connectivity index is 1.88. The second-order valence-corrected chi connectivity index (χ2v) is 6.16. The van der Waals surface area contributed by atoms with Crippen LogP contribution in [0.2, 0.25) is 0 Å². The Morgan fingerprint density at radius 1 is 1.29 bits per heavy atom. The van der Waals surface area contributed by atoms with Crippen LogP contribution in [0, 0.1) is 5.92 Å². The molecule has 0 spiro atoms. The fourth-order valence-corrected chi connectivity index (χ4v) is 3.70. The predicted molar refractivity (Wildman–Crippen MR) is 86.6 cm³/mol. The summed E-state index contributed by atoms with van der Waals surface area (Å²) in [5.41, 5.74) is 8.24. The minimum Gasteiger partial charge on any atom is -0.497 e. The van der Waals surface area contributed by atoms with Crippen molar-refractivity contribution < 1.29 is 4.74 Å². The summed E-state index contributed by atoms with van der Waals surface area (Å²) in [6.45, 7) is 2.28. The first-order chi connectivity index (χ1) is 10.2. The molecule has 1 aliphatic rings. The average Bonchev–Trinajstić information content (AvgIpc) is 2.83. The summed E-state index contributed by atoms with van der Waals surface area (Å²) in [4.78, 5) is 4.50. The van der Waals surface area contributed by atoms with Crippen LogP contribution in [0.3, 0.4) is 0 Å². The van der Waals surface area contributed by atoms with Crippen molar-refractivity contribution in [2.45, 2.75) is 51.5 Å². The van der Waals surface area contributed by atoms with Gasteiger partial charge in [0.05, 0.1) is 18.1 Å². The van der Waals surface area contributed by atoms with Gasteiger partial charge in [-0.3, -0.25) is 0 Å². The molecule has 1 aliphatic carbocycles. The van der Waals surface area contributed by atoms with Gasteiger partial charge in [-0.15, -0.1) is 0 Å². The number of ether oxygens (including phenoxy) is 1. The van der Waals surface area contributed by atoms with E-state index in [1.165, 1.54) is 38.5 Å². The van der Waals surface area contributed by atoms with Crippen LogP contribution >= 0.6 is 0 Å². The van der Waals surface area contributed by atoms with Crippen LogP contribution < -0.4 is 10.5 Å². The van der Waals surface area contributed by atoms with E-state index in [1.54, 1.807) is 7.11 Å². The molecule has 0 aliphatic heterocycles. The summed E-state index contributed by atoms with van der Waals surface area (Å²) in [5, 5.41) is 0. The summed E-state index contributed by atoms with van der Waals surface area (Å²) in [5.74, 6) is 2.40. The van der Waals surface area contributed by atoms with Gasteiger partial charge in [0.1, 0.15) is 5.75 Å². The predicted octanol–water partition coefficient (Wildman–Crippen LogP) is 4.16. The zero-order chi connectivity index (χ0) is 14.8. The van der Waals surface area contributed by atoms with Crippen LogP contribution in [0.15, 0.2) is 18.2 Å². The molecule has 1 saturated carbocycles. The molecule has 1 aromatic heterocycles. The lowest BCUT2D eigenvalue weighted by molar-refractivity contribution is 0.267. The molecule has 1 heterocycles. The van der Waals surface area contributed by atoms with E-state index < -0.39 is 0 Å². The molecule has 2 N–H and O–H groups in total. The molecule has 1 aromatic carbocycles. The zero-order valence-electron chi connectivity index (χ0n) is 13.0. The van der Waals surface area contributed by atoms with E-state index in [9.17, 15) is 0 Å². The molecule has 3 rings (SSSR count). The molecule has 0 radical (unpaired) electrons. The number of nitrogen functional groups attached to an aromatic ring is 1. The number of aromatic nitrogens is 2. The lowest BCUT2D eigenvalue weighted by atomic mass is 9.83. The molecule has 1 fully saturated rings. The van der Waals surface area contributed by atoms with Crippen molar-refractivity contribution in [1.29, 1.82) is 0 Å². The number of nitrogens with zero attached hydrogens (tertiary/aromatic N) is 2. The third-order valence-corrected chi connectivity index (χ3v) is 4.80. The van der Waals surface area contributed by atoms with Gasteiger partial charge in [0, 0.05) is 12.1 Å². The zero-order valence-corrected chi connectivity index (χ0v) is 13.0. The van der Waals surface area contributed by atoms with Crippen molar-refractivity contribution in [2.24, 2.45) is 5.92 Å². The van der Waals surface area contributed by atoms with Crippen LogP contribution in [0.25, 0.3) is 11.0 Å². The normalized spacial score (nSPS) is 22.6. The van der Waals surface area contributed by atoms with Gasteiger partial charge in [-0.05, 0) is 43.7 Å². The lowest BCUT2D eigenvalue weighted by Gasteiger charge is -2.30. The molecule has 4 heteroatoms. The Hall–Kier alpha value is -1.71. The molecule has 0 atom stereocenters. The van der Waals surface area contributed by atoms with Crippen molar-refractivity contribution in [1.82, 2.24) is 9.55 Å². The van der Waals surface area contributed by atoms with Gasteiger partial charge < -0.3 is 15.0 Å². The SMILES string of the molecule is CCCC1CCC(n2c(N)nc3ccc(OC)cc32)CC1. The molecule has 0 amide bonds. The number of anilines is 1. The van der Waals surface area contributed by atoms with E-state index in [0.717, 1.165) is 22.7 Å². The summed E-state index contributed by atoms with van der Waals surface area (Å²) in [6, 6.07) is 6.47. The maximum absolute atomic E-state index is 6.18. The summed E-state index contributed by atoms with van der Waals surface area (Å²) < 4.78 is 7.56. The van der Waals surface area contributed by atoms with Crippen LogP contribution in [0.4, 0.5) is 5.95 Å². The van der Waals surface area contributed by atoms with Gasteiger partial charge in [-0.2, -0.15) is 0 Å². The number of nitrogens with two attached hydrogens (primary N) is 1. The highest BCUT2D eigenvalue weighted by Gasteiger charge is 2.24. The Morgan fingerprint density at radius 3 is 2.71 bits per heavy atom. The molecule has 0 bridgehead atoms. The number of imidazole rings is 1. The standard InChI is InChI=1S/C17H25N3O/c1-3-4-12-5-7-13(8-6-12)20-16-11-14(21-2)9-10-15(16)19-17(20)18/h9-13H,3-8H2,1-2H3,(H2,18,19). The van der Waals surface area contributed by atoms with E-state index in [-0.39, 0.29) is 0 Å². The second kappa shape index (κ2) is 5.96. The summed E-state index contributed by atoms with van der Waals surface area (Å²) in [7, 11) is 1.70. The lowest BCUT2D eigenvalue weighted by Crippen LogP contribution is -2.19. The highest BCUT2D eigenvalue weighted by Crippen LogP contribution is 2.38. The molecule has 2 aromatic rings. The fourth-order valence-electron chi connectivity index (χ4n) is 3.70.